The summed E-state index contributed by atoms with van der Waals surface area (Å²) in [5.74, 6) is -4.40. The van der Waals surface area contributed by atoms with Crippen LogP contribution in [-0.4, -0.2) is 61.6 Å². The molecule has 0 saturated carbocycles. The van der Waals surface area contributed by atoms with Crippen LogP contribution in [0.1, 0.15) is 21.5 Å². The lowest BCUT2D eigenvalue weighted by Crippen LogP contribution is -2.44. The number of carbonyl (C=O) groups excluding carboxylic acids is 3. The molecule has 3 amide bonds. The second-order valence-corrected chi connectivity index (χ2v) is 9.24. The summed E-state index contributed by atoms with van der Waals surface area (Å²) >= 11 is 6.13. The van der Waals surface area contributed by atoms with Gasteiger partial charge in [-0.2, -0.15) is 4.68 Å². The van der Waals surface area contributed by atoms with Crippen molar-refractivity contribution >= 4 is 47.1 Å². The van der Waals surface area contributed by atoms with E-state index in [4.69, 9.17) is 16.7 Å². The van der Waals surface area contributed by atoms with Crippen LogP contribution in [0.2, 0.25) is 5.02 Å². The zero-order valence-corrected chi connectivity index (χ0v) is 22.5. The van der Waals surface area contributed by atoms with E-state index in [0.29, 0.717) is 16.3 Å². The molecule has 12 nitrogen and oxygen atoms in total. The normalized spacial score (nSPS) is 11.6. The largest absolute Gasteiger partial charge is 0.480 e. The number of hydrogen-bond donors (Lipinski definition) is 4. The van der Waals surface area contributed by atoms with Crippen molar-refractivity contribution < 1.29 is 28.7 Å². The highest BCUT2D eigenvalue weighted by Crippen LogP contribution is 2.20. The molecule has 0 aliphatic rings. The number of carbonyl (C=O) groups is 4. The lowest BCUT2D eigenvalue weighted by molar-refractivity contribution is -0.135. The van der Waals surface area contributed by atoms with Gasteiger partial charge in [-0.25, -0.2) is 4.39 Å². The molecule has 0 bridgehead atoms. The van der Waals surface area contributed by atoms with Crippen LogP contribution in [0.3, 0.4) is 0 Å². The van der Waals surface area contributed by atoms with Gasteiger partial charge in [-0.1, -0.05) is 41.9 Å². The van der Waals surface area contributed by atoms with E-state index in [1.807, 2.05) is 6.07 Å². The number of aromatic nitrogens is 4. The molecule has 0 saturated heterocycles. The van der Waals surface area contributed by atoms with Gasteiger partial charge in [-0.3, -0.25) is 19.2 Å². The van der Waals surface area contributed by atoms with E-state index in [9.17, 15) is 23.6 Å². The zero-order valence-electron chi connectivity index (χ0n) is 21.7. The van der Waals surface area contributed by atoms with Gasteiger partial charge in [0.25, 0.3) is 5.91 Å². The van der Waals surface area contributed by atoms with Crippen molar-refractivity contribution in [1.82, 2.24) is 30.8 Å². The Balaban J connectivity index is 1.50. The predicted octanol–water partition coefficient (Wildman–Crippen LogP) is 2.65. The van der Waals surface area contributed by atoms with E-state index in [1.54, 1.807) is 42.5 Å². The monoisotopic (exact) mass is 591 g/mol. The smallest absolute Gasteiger partial charge is 0.322 e. The first-order valence-corrected chi connectivity index (χ1v) is 12.7. The van der Waals surface area contributed by atoms with Gasteiger partial charge in [0, 0.05) is 28.8 Å². The van der Waals surface area contributed by atoms with Crippen molar-refractivity contribution in [3.8, 4) is 5.69 Å². The third-order valence-corrected chi connectivity index (χ3v) is 6.03. The molecule has 0 fully saturated rings. The van der Waals surface area contributed by atoms with Gasteiger partial charge in [-0.15, -0.1) is 5.10 Å². The predicted molar refractivity (Wildman–Crippen MR) is 150 cm³/mol. The molecule has 3 aromatic carbocycles. The molecule has 4 N–H and O–H groups in total. The Kier molecular flexibility index (Phi) is 9.69. The van der Waals surface area contributed by atoms with Gasteiger partial charge in [0.1, 0.15) is 24.7 Å². The second-order valence-electron chi connectivity index (χ2n) is 8.80. The summed E-state index contributed by atoms with van der Waals surface area (Å²) in [6, 6.07) is 16.2. The molecule has 14 heteroatoms. The fourth-order valence-electron chi connectivity index (χ4n) is 3.84. The van der Waals surface area contributed by atoms with Crippen LogP contribution >= 0.6 is 11.6 Å². The quantitative estimate of drug-likeness (QED) is 0.193. The van der Waals surface area contributed by atoms with Crippen LogP contribution in [0, 0.1) is 5.82 Å². The molecular formula is C28H23ClFN7O5. The molecular weight excluding hydrogens is 569 g/mol. The second kappa shape index (κ2) is 13.8. The maximum atomic E-state index is 14.6. The standard InChI is InChI=1S/C28H23ClFN7O5/c29-19-7-10-24(37-16-32-35-36-37)18(13-19)6-11-25(38)34-23(12-17-4-2-1-3-5-17)28(42)33-20-8-9-21(22(30)14-20)27(41)31-15-26(39)40/h1-11,13-14,16,23H,12,15H2,(H,31,41)(H,33,42)(H,34,38)(H,39,40). The van der Waals surface area contributed by atoms with Crippen LogP contribution in [0.25, 0.3) is 11.8 Å². The van der Waals surface area contributed by atoms with Gasteiger partial charge in [0.05, 0.1) is 11.3 Å². The maximum Gasteiger partial charge on any atom is 0.322 e. The van der Waals surface area contributed by atoms with Crippen molar-refractivity contribution in [2.45, 2.75) is 12.5 Å². The van der Waals surface area contributed by atoms with Crippen molar-refractivity contribution in [3.05, 3.63) is 107 Å². The summed E-state index contributed by atoms with van der Waals surface area (Å²) in [7, 11) is 0. The van der Waals surface area contributed by atoms with E-state index in [2.05, 4.69) is 31.5 Å². The number of nitrogens with one attached hydrogen (secondary N) is 3. The van der Waals surface area contributed by atoms with Gasteiger partial charge in [0.15, 0.2) is 0 Å². The Bertz CT molecular complexity index is 1630. The molecule has 1 unspecified atom stereocenters. The van der Waals surface area contributed by atoms with E-state index in [-0.39, 0.29) is 12.1 Å². The number of amides is 3. The Morgan fingerprint density at radius 1 is 1.05 bits per heavy atom. The Hall–Kier alpha value is -5.43. The third-order valence-electron chi connectivity index (χ3n) is 5.80. The number of anilines is 1. The number of benzene rings is 3. The number of nitrogens with zero attached hydrogens (tertiary/aromatic N) is 4. The fraction of sp³-hybridized carbons (Fsp3) is 0.107. The Morgan fingerprint density at radius 2 is 1.83 bits per heavy atom. The van der Waals surface area contributed by atoms with Gasteiger partial charge in [-0.05, 0) is 58.5 Å². The van der Waals surface area contributed by atoms with Crippen molar-refractivity contribution in [1.29, 1.82) is 0 Å². The molecule has 0 radical (unpaired) electrons. The van der Waals surface area contributed by atoms with E-state index in [0.717, 1.165) is 17.7 Å². The van der Waals surface area contributed by atoms with E-state index < -0.39 is 47.7 Å². The SMILES string of the molecule is O=C(O)CNC(=O)c1ccc(NC(=O)C(Cc2ccccc2)NC(=O)C=Cc2cc(Cl)ccc2-n2cnnn2)cc1F. The van der Waals surface area contributed by atoms with Crippen LogP contribution in [0.5, 0.6) is 0 Å². The molecule has 4 aromatic rings. The molecule has 1 aromatic heterocycles. The highest BCUT2D eigenvalue weighted by molar-refractivity contribution is 6.30. The summed E-state index contributed by atoms with van der Waals surface area (Å²) < 4.78 is 16.0. The molecule has 0 aliphatic heterocycles. The zero-order chi connectivity index (χ0) is 30.1. The minimum Gasteiger partial charge on any atom is -0.480 e. The van der Waals surface area contributed by atoms with Crippen LogP contribution in [-0.2, 0) is 20.8 Å². The Morgan fingerprint density at radius 3 is 2.52 bits per heavy atom. The third kappa shape index (κ3) is 8.05. The van der Waals surface area contributed by atoms with Crippen LogP contribution in [0.4, 0.5) is 10.1 Å². The summed E-state index contributed by atoms with van der Waals surface area (Å²) in [5.41, 5.74) is 1.50. The van der Waals surface area contributed by atoms with Crippen LogP contribution in [0.15, 0.2) is 79.1 Å². The summed E-state index contributed by atoms with van der Waals surface area (Å²) in [6.07, 6.45) is 4.24. The lowest BCUT2D eigenvalue weighted by Gasteiger charge is -2.18. The van der Waals surface area contributed by atoms with Crippen molar-refractivity contribution in [2.75, 3.05) is 11.9 Å². The molecule has 4 rings (SSSR count). The Labute approximate surface area is 243 Å². The first-order valence-electron chi connectivity index (χ1n) is 12.4. The molecule has 0 aliphatic carbocycles. The van der Waals surface area contributed by atoms with Gasteiger partial charge >= 0.3 is 5.97 Å². The number of carboxylic acid groups (broad SMARTS) is 1. The maximum absolute atomic E-state index is 14.6. The molecule has 42 heavy (non-hydrogen) atoms. The first kappa shape index (κ1) is 29.6. The number of carboxylic acids is 1. The average Bonchev–Trinajstić information content (AvgIpc) is 3.50. The number of halogens is 2. The molecule has 0 spiro atoms. The molecule has 1 heterocycles. The number of hydrogen-bond acceptors (Lipinski definition) is 7. The van der Waals surface area contributed by atoms with Crippen LogP contribution < -0.4 is 16.0 Å². The first-order chi connectivity index (χ1) is 20.2. The highest BCUT2D eigenvalue weighted by Gasteiger charge is 2.22. The van der Waals surface area contributed by atoms with E-state index in [1.165, 1.54) is 29.2 Å². The molecule has 1 atom stereocenters. The minimum absolute atomic E-state index is 0.0279. The van der Waals surface area contributed by atoms with E-state index >= 15 is 0 Å². The average molecular weight is 592 g/mol. The lowest BCUT2D eigenvalue weighted by atomic mass is 10.0. The van der Waals surface area contributed by atoms with Crippen molar-refractivity contribution in [3.63, 3.8) is 0 Å². The number of aliphatic carboxylic acids is 1. The van der Waals surface area contributed by atoms with Crippen molar-refractivity contribution in [2.24, 2.45) is 0 Å². The summed E-state index contributed by atoms with van der Waals surface area (Å²) in [6.45, 7) is -0.678. The number of rotatable bonds is 11. The summed E-state index contributed by atoms with van der Waals surface area (Å²) in [5, 5.41) is 27.5. The minimum atomic E-state index is -1.28. The highest BCUT2D eigenvalue weighted by atomic mass is 35.5. The topological polar surface area (TPSA) is 168 Å². The molecule has 214 valence electrons. The number of tetrazole rings is 1. The fourth-order valence-corrected chi connectivity index (χ4v) is 4.02. The van der Waals surface area contributed by atoms with Gasteiger partial charge in [0.2, 0.25) is 11.8 Å². The van der Waals surface area contributed by atoms with Gasteiger partial charge < -0.3 is 21.1 Å². The summed E-state index contributed by atoms with van der Waals surface area (Å²) in [4.78, 5) is 48.9.